The molecular formula is C17H24ClIN6O. The van der Waals surface area contributed by atoms with Gasteiger partial charge < -0.3 is 16.0 Å². The number of hydrogen-bond acceptors (Lipinski definition) is 3. The van der Waals surface area contributed by atoms with E-state index in [1.165, 1.54) is 0 Å². The molecule has 142 valence electrons. The first kappa shape index (κ1) is 22.2. The van der Waals surface area contributed by atoms with Gasteiger partial charge in [-0.05, 0) is 30.7 Å². The van der Waals surface area contributed by atoms with Gasteiger partial charge in [-0.1, -0.05) is 17.7 Å². The van der Waals surface area contributed by atoms with Gasteiger partial charge in [0.1, 0.15) is 0 Å². The smallest absolute Gasteiger partial charge is 0.226 e. The summed E-state index contributed by atoms with van der Waals surface area (Å²) in [6.07, 6.45) is 2.05. The van der Waals surface area contributed by atoms with Gasteiger partial charge in [-0.2, -0.15) is 5.10 Å². The summed E-state index contributed by atoms with van der Waals surface area (Å²) in [6.45, 7) is 3.01. The zero-order chi connectivity index (χ0) is 18.2. The van der Waals surface area contributed by atoms with Crippen molar-refractivity contribution in [3.8, 4) is 0 Å². The van der Waals surface area contributed by atoms with Crippen LogP contribution < -0.4 is 16.0 Å². The van der Waals surface area contributed by atoms with Crippen LogP contribution in [0.4, 0.5) is 5.69 Å². The van der Waals surface area contributed by atoms with Crippen molar-refractivity contribution in [2.24, 2.45) is 12.0 Å². The van der Waals surface area contributed by atoms with Crippen molar-refractivity contribution in [1.29, 1.82) is 0 Å². The Bertz CT molecular complexity index is 761. The molecule has 0 saturated carbocycles. The van der Waals surface area contributed by atoms with Crippen LogP contribution in [0.1, 0.15) is 17.7 Å². The van der Waals surface area contributed by atoms with E-state index in [-0.39, 0.29) is 29.9 Å². The third-order valence-corrected chi connectivity index (χ3v) is 3.94. The predicted octanol–water partition coefficient (Wildman–Crippen LogP) is 2.69. The van der Waals surface area contributed by atoms with Crippen LogP contribution in [0.25, 0.3) is 0 Å². The first-order valence-corrected chi connectivity index (χ1v) is 8.35. The van der Waals surface area contributed by atoms with E-state index in [0.29, 0.717) is 36.2 Å². The summed E-state index contributed by atoms with van der Waals surface area (Å²) in [4.78, 5) is 16.2. The second kappa shape index (κ2) is 11.0. The van der Waals surface area contributed by atoms with Gasteiger partial charge in [0.15, 0.2) is 5.96 Å². The number of nitrogens with zero attached hydrogens (tertiary/aromatic N) is 3. The Labute approximate surface area is 175 Å². The Balaban J connectivity index is 0.00000338. The first-order chi connectivity index (χ1) is 12.0. The number of carbonyl (C=O) groups excluding carboxylic acids is 1. The molecule has 0 spiro atoms. The molecule has 0 fully saturated rings. The zero-order valence-electron chi connectivity index (χ0n) is 15.0. The number of anilines is 1. The lowest BCUT2D eigenvalue weighted by molar-refractivity contribution is -0.116. The van der Waals surface area contributed by atoms with Crippen LogP contribution in [-0.4, -0.2) is 35.2 Å². The molecule has 0 atom stereocenters. The fourth-order valence-corrected chi connectivity index (χ4v) is 2.48. The Morgan fingerprint density at radius 3 is 2.69 bits per heavy atom. The van der Waals surface area contributed by atoms with E-state index in [9.17, 15) is 4.79 Å². The van der Waals surface area contributed by atoms with Crippen LogP contribution in [0.3, 0.4) is 0 Å². The minimum absolute atomic E-state index is 0. The Morgan fingerprint density at radius 1 is 1.31 bits per heavy atom. The summed E-state index contributed by atoms with van der Waals surface area (Å²) in [7, 11) is 3.57. The van der Waals surface area contributed by atoms with E-state index in [4.69, 9.17) is 11.6 Å². The molecule has 0 aliphatic carbocycles. The lowest BCUT2D eigenvalue weighted by atomic mass is 10.2. The van der Waals surface area contributed by atoms with Crippen molar-refractivity contribution in [1.82, 2.24) is 20.4 Å². The summed E-state index contributed by atoms with van der Waals surface area (Å²) >= 11 is 6.12. The number of aliphatic imine (C=N–C) groups is 1. The van der Waals surface area contributed by atoms with Crippen LogP contribution >= 0.6 is 35.6 Å². The fraction of sp³-hybridized carbons (Fsp3) is 0.353. The molecule has 1 heterocycles. The number of carbonyl (C=O) groups is 1. The Hall–Kier alpha value is -1.81. The molecule has 1 aromatic heterocycles. The molecule has 0 aliphatic heterocycles. The summed E-state index contributed by atoms with van der Waals surface area (Å²) in [6, 6.07) is 7.46. The van der Waals surface area contributed by atoms with E-state index in [2.05, 4.69) is 26.0 Å². The van der Waals surface area contributed by atoms with Crippen molar-refractivity contribution in [3.05, 3.63) is 46.7 Å². The van der Waals surface area contributed by atoms with Crippen LogP contribution in [0.2, 0.25) is 5.02 Å². The second-order valence-corrected chi connectivity index (χ2v) is 5.99. The number of halogens is 2. The zero-order valence-corrected chi connectivity index (χ0v) is 18.1. The quantitative estimate of drug-likeness (QED) is 0.330. The van der Waals surface area contributed by atoms with Crippen LogP contribution in [0.5, 0.6) is 0 Å². The van der Waals surface area contributed by atoms with Crippen LogP contribution in [0, 0.1) is 6.92 Å². The maximum Gasteiger partial charge on any atom is 0.226 e. The molecule has 0 bridgehead atoms. The van der Waals surface area contributed by atoms with Crippen LogP contribution in [-0.2, 0) is 18.4 Å². The topological polar surface area (TPSA) is 83.3 Å². The molecule has 9 heteroatoms. The number of aryl methyl sites for hydroxylation is 2. The van der Waals surface area contributed by atoms with Crippen molar-refractivity contribution in [2.45, 2.75) is 19.9 Å². The number of nitrogens with one attached hydrogen (secondary N) is 3. The van der Waals surface area contributed by atoms with Gasteiger partial charge in [0.25, 0.3) is 0 Å². The predicted molar refractivity (Wildman–Crippen MR) is 116 cm³/mol. The highest BCUT2D eigenvalue weighted by Gasteiger charge is 2.07. The number of hydrogen-bond donors (Lipinski definition) is 3. The Morgan fingerprint density at radius 2 is 2.08 bits per heavy atom. The van der Waals surface area contributed by atoms with Gasteiger partial charge in [0.05, 0.1) is 22.9 Å². The highest BCUT2D eigenvalue weighted by molar-refractivity contribution is 14.0. The van der Waals surface area contributed by atoms with E-state index in [1.807, 2.05) is 32.2 Å². The second-order valence-electron chi connectivity index (χ2n) is 5.58. The third-order valence-electron chi connectivity index (χ3n) is 3.63. The van der Waals surface area contributed by atoms with Crippen molar-refractivity contribution in [3.63, 3.8) is 0 Å². The first-order valence-electron chi connectivity index (χ1n) is 7.97. The monoisotopic (exact) mass is 490 g/mol. The minimum atomic E-state index is -0.111. The normalized spacial score (nSPS) is 10.8. The third kappa shape index (κ3) is 6.83. The van der Waals surface area contributed by atoms with E-state index < -0.39 is 0 Å². The molecule has 2 rings (SSSR count). The molecule has 0 unspecified atom stereocenters. The molecule has 7 nitrogen and oxygen atoms in total. The summed E-state index contributed by atoms with van der Waals surface area (Å²) in [5, 5.41) is 13.7. The molecular weight excluding hydrogens is 467 g/mol. The molecule has 3 N–H and O–H groups in total. The fourth-order valence-electron chi connectivity index (χ4n) is 2.20. The molecule has 0 saturated heterocycles. The van der Waals surface area contributed by atoms with Gasteiger partial charge in [0, 0.05) is 33.3 Å². The number of aromatic nitrogens is 2. The van der Waals surface area contributed by atoms with Gasteiger partial charge in [-0.3, -0.25) is 14.5 Å². The van der Waals surface area contributed by atoms with Crippen molar-refractivity contribution < 1.29 is 4.79 Å². The van der Waals surface area contributed by atoms with E-state index in [1.54, 1.807) is 24.0 Å². The lowest BCUT2D eigenvalue weighted by Crippen LogP contribution is -2.38. The maximum absolute atomic E-state index is 12.0. The van der Waals surface area contributed by atoms with Crippen molar-refractivity contribution >= 4 is 53.1 Å². The molecule has 1 amide bonds. The Kier molecular flexibility index (Phi) is 9.42. The molecule has 26 heavy (non-hydrogen) atoms. The number of benzene rings is 1. The minimum Gasteiger partial charge on any atom is -0.356 e. The van der Waals surface area contributed by atoms with Crippen molar-refractivity contribution in [2.75, 3.05) is 18.9 Å². The van der Waals surface area contributed by atoms with E-state index >= 15 is 0 Å². The highest BCUT2D eigenvalue weighted by atomic mass is 127. The molecule has 0 radical (unpaired) electrons. The standard InChI is InChI=1S/C17H23ClN6O.HI/c1-12-4-5-15(14(18)10-12)23-16(25)7-8-20-17(19-2)21-11-13-6-9-22-24(13)3;/h4-6,9-10H,7-8,11H2,1-3H3,(H,23,25)(H2,19,20,21);1H. The number of rotatable bonds is 6. The van der Waals surface area contributed by atoms with Gasteiger partial charge in [-0.25, -0.2) is 0 Å². The number of amides is 1. The van der Waals surface area contributed by atoms with Gasteiger partial charge in [-0.15, -0.1) is 24.0 Å². The highest BCUT2D eigenvalue weighted by Crippen LogP contribution is 2.22. The summed E-state index contributed by atoms with van der Waals surface area (Å²) in [5.41, 5.74) is 2.71. The average molecular weight is 491 g/mol. The largest absolute Gasteiger partial charge is 0.356 e. The molecule has 0 aliphatic rings. The summed E-state index contributed by atoms with van der Waals surface area (Å²) in [5.74, 6) is 0.516. The summed E-state index contributed by atoms with van der Waals surface area (Å²) < 4.78 is 1.79. The lowest BCUT2D eigenvalue weighted by Gasteiger charge is -2.12. The SMILES string of the molecule is CN=C(NCCC(=O)Nc1ccc(C)cc1Cl)NCc1ccnn1C.I. The van der Waals surface area contributed by atoms with Gasteiger partial charge >= 0.3 is 0 Å². The van der Waals surface area contributed by atoms with Gasteiger partial charge in [0.2, 0.25) is 5.91 Å². The number of guanidine groups is 1. The maximum atomic E-state index is 12.0. The van der Waals surface area contributed by atoms with E-state index in [0.717, 1.165) is 11.3 Å². The average Bonchev–Trinajstić information content (AvgIpc) is 2.98. The molecule has 1 aromatic carbocycles. The van der Waals surface area contributed by atoms with Crippen LogP contribution in [0.15, 0.2) is 35.5 Å². The molecule has 2 aromatic rings.